The van der Waals surface area contributed by atoms with Crippen LogP contribution in [0, 0.1) is 6.92 Å². The summed E-state index contributed by atoms with van der Waals surface area (Å²) in [5.74, 6) is 0.962. The van der Waals surface area contributed by atoms with Gasteiger partial charge in [0.1, 0.15) is 0 Å². The summed E-state index contributed by atoms with van der Waals surface area (Å²) in [5.41, 5.74) is 5.86. The fourth-order valence-electron chi connectivity index (χ4n) is 1.53. The molecule has 0 aromatic carbocycles. The minimum atomic E-state index is -0.367. The smallest absolute Gasteiger partial charge is 0.239 e. The molecule has 1 amide bonds. The normalized spacial score (nSPS) is 11.8. The number of amides is 1. The number of carbonyl (C=O) groups excluding carboxylic acids is 1. The molecule has 0 saturated heterocycles. The number of carbonyl (C=O) groups is 1. The summed E-state index contributed by atoms with van der Waals surface area (Å²) >= 11 is 3.44. The maximum atomic E-state index is 12.0. The molecule has 0 aliphatic carbocycles. The van der Waals surface area contributed by atoms with Gasteiger partial charge in [-0.3, -0.25) is 4.79 Å². The van der Waals surface area contributed by atoms with Crippen LogP contribution in [0.4, 0.5) is 0 Å². The zero-order chi connectivity index (χ0) is 12.8. The number of rotatable bonds is 6. The molecular weight excluding hydrogens is 288 g/mol. The summed E-state index contributed by atoms with van der Waals surface area (Å²) in [7, 11) is 1.82. The predicted molar refractivity (Wildman–Crippen MR) is 83.8 cm³/mol. The third kappa shape index (κ3) is 5.61. The van der Waals surface area contributed by atoms with Crippen LogP contribution in [0.3, 0.4) is 0 Å². The standard InChI is InChI=1S/C12H20N2OS2.ClH/c1-9-4-5-10(17-9)8-14(2)12(15)11(13)6-7-16-3;/h4-5,11H,6-8,13H2,1-3H3;1H/t11-;/m0./s1. The van der Waals surface area contributed by atoms with Crippen LogP contribution in [0.15, 0.2) is 12.1 Å². The first-order valence-corrected chi connectivity index (χ1v) is 7.80. The van der Waals surface area contributed by atoms with E-state index in [0.717, 1.165) is 12.2 Å². The highest BCUT2D eigenvalue weighted by molar-refractivity contribution is 7.98. The number of likely N-dealkylation sites (N-methyl/N-ethyl adjacent to an activating group) is 1. The molecule has 104 valence electrons. The molecular formula is C12H21ClN2OS2. The molecule has 1 aromatic heterocycles. The number of thiophene rings is 1. The van der Waals surface area contributed by atoms with Crippen molar-refractivity contribution in [1.29, 1.82) is 0 Å². The second-order valence-corrected chi connectivity index (χ2v) is 6.45. The van der Waals surface area contributed by atoms with Crippen LogP contribution in [-0.2, 0) is 11.3 Å². The van der Waals surface area contributed by atoms with Crippen LogP contribution < -0.4 is 5.73 Å². The van der Waals surface area contributed by atoms with Gasteiger partial charge in [-0.25, -0.2) is 0 Å². The molecule has 0 spiro atoms. The number of hydrogen-bond donors (Lipinski definition) is 1. The highest BCUT2D eigenvalue weighted by Crippen LogP contribution is 2.17. The van der Waals surface area contributed by atoms with E-state index in [1.807, 2.05) is 13.3 Å². The monoisotopic (exact) mass is 308 g/mol. The predicted octanol–water partition coefficient (Wildman–Crippen LogP) is 2.52. The molecule has 0 unspecified atom stereocenters. The van der Waals surface area contributed by atoms with Gasteiger partial charge in [0, 0.05) is 16.8 Å². The number of nitrogens with two attached hydrogens (primary N) is 1. The van der Waals surface area contributed by atoms with Crippen LogP contribution in [0.2, 0.25) is 0 Å². The lowest BCUT2D eigenvalue weighted by atomic mass is 10.2. The molecule has 0 radical (unpaired) electrons. The largest absolute Gasteiger partial charge is 0.339 e. The Morgan fingerprint density at radius 3 is 2.72 bits per heavy atom. The van der Waals surface area contributed by atoms with E-state index in [1.54, 1.807) is 28.0 Å². The van der Waals surface area contributed by atoms with Crippen LogP contribution >= 0.6 is 35.5 Å². The molecule has 1 atom stereocenters. The maximum Gasteiger partial charge on any atom is 0.239 e. The lowest BCUT2D eigenvalue weighted by molar-refractivity contribution is -0.131. The third-order valence-electron chi connectivity index (χ3n) is 2.52. The van der Waals surface area contributed by atoms with E-state index in [2.05, 4.69) is 19.1 Å². The van der Waals surface area contributed by atoms with Crippen LogP contribution in [0.1, 0.15) is 16.2 Å². The summed E-state index contributed by atoms with van der Waals surface area (Å²) in [4.78, 5) is 16.1. The maximum absolute atomic E-state index is 12.0. The van der Waals surface area contributed by atoms with Crippen molar-refractivity contribution >= 4 is 41.4 Å². The van der Waals surface area contributed by atoms with Crippen molar-refractivity contribution < 1.29 is 4.79 Å². The summed E-state index contributed by atoms with van der Waals surface area (Å²) < 4.78 is 0. The van der Waals surface area contributed by atoms with E-state index in [1.165, 1.54) is 9.75 Å². The molecule has 1 rings (SSSR count). The zero-order valence-electron chi connectivity index (χ0n) is 11.0. The van der Waals surface area contributed by atoms with Gasteiger partial charge in [0.2, 0.25) is 5.91 Å². The highest BCUT2D eigenvalue weighted by Gasteiger charge is 2.17. The zero-order valence-corrected chi connectivity index (χ0v) is 13.5. The Hall–Kier alpha value is -0.230. The Labute approximate surface area is 124 Å². The van der Waals surface area contributed by atoms with Gasteiger partial charge in [-0.1, -0.05) is 0 Å². The van der Waals surface area contributed by atoms with Crippen LogP contribution in [0.25, 0.3) is 0 Å². The Morgan fingerprint density at radius 2 is 2.22 bits per heavy atom. The molecule has 6 heteroatoms. The number of hydrogen-bond acceptors (Lipinski definition) is 4. The van der Waals surface area contributed by atoms with Gasteiger partial charge in [-0.05, 0) is 37.5 Å². The fourth-order valence-corrected chi connectivity index (χ4v) is 2.97. The molecule has 1 aromatic rings. The lowest BCUT2D eigenvalue weighted by Gasteiger charge is -2.20. The summed E-state index contributed by atoms with van der Waals surface area (Å²) in [6.07, 6.45) is 2.77. The van der Waals surface area contributed by atoms with Crippen LogP contribution in [-0.4, -0.2) is 35.9 Å². The number of aryl methyl sites for hydroxylation is 1. The topological polar surface area (TPSA) is 46.3 Å². The van der Waals surface area contributed by atoms with Gasteiger partial charge in [0.05, 0.1) is 12.6 Å². The van der Waals surface area contributed by atoms with Crippen LogP contribution in [0.5, 0.6) is 0 Å². The Balaban J connectivity index is 0.00000289. The average molecular weight is 309 g/mol. The van der Waals surface area contributed by atoms with Gasteiger partial charge in [-0.15, -0.1) is 23.7 Å². The van der Waals surface area contributed by atoms with Gasteiger partial charge in [-0.2, -0.15) is 11.8 Å². The van der Waals surface area contributed by atoms with Crippen molar-refractivity contribution in [3.8, 4) is 0 Å². The summed E-state index contributed by atoms with van der Waals surface area (Å²) in [6.45, 7) is 2.73. The van der Waals surface area contributed by atoms with Crippen molar-refractivity contribution in [3.05, 3.63) is 21.9 Å². The molecule has 18 heavy (non-hydrogen) atoms. The SMILES string of the molecule is CSCC[C@H](N)C(=O)N(C)Cc1ccc(C)s1.Cl. The quantitative estimate of drug-likeness (QED) is 0.878. The van der Waals surface area contributed by atoms with Gasteiger partial charge >= 0.3 is 0 Å². The minimum Gasteiger partial charge on any atom is -0.339 e. The number of thioether (sulfide) groups is 1. The first-order valence-electron chi connectivity index (χ1n) is 5.59. The Kier molecular flexibility index (Phi) is 8.69. The lowest BCUT2D eigenvalue weighted by Crippen LogP contribution is -2.41. The minimum absolute atomic E-state index is 0. The number of nitrogens with zero attached hydrogens (tertiary/aromatic N) is 1. The average Bonchev–Trinajstić information content (AvgIpc) is 2.70. The van der Waals surface area contributed by atoms with E-state index in [-0.39, 0.29) is 24.4 Å². The highest BCUT2D eigenvalue weighted by atomic mass is 35.5. The second kappa shape index (κ2) is 8.80. The Bertz CT molecular complexity index is 371. The summed E-state index contributed by atoms with van der Waals surface area (Å²) in [6, 6.07) is 3.77. The molecule has 0 fully saturated rings. The first-order chi connectivity index (χ1) is 8.04. The van der Waals surface area contributed by atoms with Gasteiger partial charge < -0.3 is 10.6 Å². The molecule has 0 saturated carbocycles. The van der Waals surface area contributed by atoms with Crippen molar-refractivity contribution in [1.82, 2.24) is 4.90 Å². The van der Waals surface area contributed by atoms with E-state index >= 15 is 0 Å². The molecule has 0 aliphatic rings. The molecule has 1 heterocycles. The second-order valence-electron chi connectivity index (χ2n) is 4.09. The molecule has 2 N–H and O–H groups in total. The van der Waals surface area contributed by atoms with E-state index < -0.39 is 0 Å². The van der Waals surface area contributed by atoms with E-state index in [9.17, 15) is 4.79 Å². The number of halogens is 1. The van der Waals surface area contributed by atoms with E-state index in [0.29, 0.717) is 6.54 Å². The van der Waals surface area contributed by atoms with Crippen molar-refractivity contribution in [3.63, 3.8) is 0 Å². The van der Waals surface area contributed by atoms with Crippen molar-refractivity contribution in [2.45, 2.75) is 25.9 Å². The fraction of sp³-hybridized carbons (Fsp3) is 0.583. The molecule has 0 aliphatic heterocycles. The first kappa shape index (κ1) is 17.8. The molecule has 0 bridgehead atoms. The van der Waals surface area contributed by atoms with Gasteiger partial charge in [0.15, 0.2) is 0 Å². The third-order valence-corrected chi connectivity index (χ3v) is 4.14. The Morgan fingerprint density at radius 1 is 1.56 bits per heavy atom. The van der Waals surface area contributed by atoms with Crippen molar-refractivity contribution in [2.75, 3.05) is 19.1 Å². The van der Waals surface area contributed by atoms with Gasteiger partial charge in [0.25, 0.3) is 0 Å². The van der Waals surface area contributed by atoms with E-state index in [4.69, 9.17) is 5.73 Å². The summed E-state index contributed by atoms with van der Waals surface area (Å²) in [5, 5.41) is 0. The van der Waals surface area contributed by atoms with Crippen molar-refractivity contribution in [2.24, 2.45) is 5.73 Å². The molecule has 3 nitrogen and oxygen atoms in total.